The molecule has 0 aromatic heterocycles. The molecule has 0 saturated carbocycles. The molecule has 3 heteroatoms. The molecular weight excluding hydrogens is 462 g/mol. The molecule has 1 atom stereocenters. The summed E-state index contributed by atoms with van der Waals surface area (Å²) in [6.07, 6.45) is 6.55. The van der Waals surface area contributed by atoms with Gasteiger partial charge < -0.3 is 4.90 Å². The van der Waals surface area contributed by atoms with Crippen LogP contribution in [0.1, 0.15) is 57.1 Å². The fraction of sp³-hybridized carbons (Fsp3) is 0.500. The highest BCUT2D eigenvalue weighted by Crippen LogP contribution is 2.43. The van der Waals surface area contributed by atoms with Crippen molar-refractivity contribution in [2.45, 2.75) is 51.4 Å². The van der Waals surface area contributed by atoms with Crippen molar-refractivity contribution in [3.05, 3.63) is 68.6 Å². The number of nitrogens with zero attached hydrogens (tertiary/aromatic N) is 1. The van der Waals surface area contributed by atoms with Crippen molar-refractivity contribution in [2.75, 3.05) is 19.6 Å². The number of halogens is 2. The van der Waals surface area contributed by atoms with E-state index in [-0.39, 0.29) is 5.41 Å². The standard InChI is InChI=1S/C24H31Br2N/c1-3-9-21(18-27-14-5-4-6-15-27)24(2,19-10-7-12-22(25)16-19)20-11-8-13-23(26)17-20/h7-8,10-13,16-17,21H,3-6,9,14-15,18H2,1-2H3. The van der Waals surface area contributed by atoms with E-state index in [1.807, 2.05) is 0 Å². The Kier molecular flexibility index (Phi) is 7.58. The highest BCUT2D eigenvalue weighted by Gasteiger charge is 2.38. The molecule has 0 spiro atoms. The van der Waals surface area contributed by atoms with Gasteiger partial charge >= 0.3 is 0 Å². The minimum Gasteiger partial charge on any atom is -0.303 e. The zero-order valence-electron chi connectivity index (χ0n) is 16.6. The highest BCUT2D eigenvalue weighted by atomic mass is 79.9. The normalized spacial score (nSPS) is 17.0. The van der Waals surface area contributed by atoms with Crippen molar-refractivity contribution in [2.24, 2.45) is 5.92 Å². The van der Waals surface area contributed by atoms with Gasteiger partial charge in [0.05, 0.1) is 0 Å². The van der Waals surface area contributed by atoms with Gasteiger partial charge in [-0.25, -0.2) is 0 Å². The zero-order chi connectivity index (χ0) is 19.3. The number of piperidine rings is 1. The number of likely N-dealkylation sites (tertiary alicyclic amines) is 1. The van der Waals surface area contributed by atoms with Crippen LogP contribution in [0.5, 0.6) is 0 Å². The van der Waals surface area contributed by atoms with E-state index in [4.69, 9.17) is 0 Å². The lowest BCUT2D eigenvalue weighted by Gasteiger charge is -2.42. The Morgan fingerprint density at radius 1 is 0.926 bits per heavy atom. The van der Waals surface area contributed by atoms with Crippen LogP contribution in [0.2, 0.25) is 0 Å². The molecule has 2 aromatic rings. The van der Waals surface area contributed by atoms with Gasteiger partial charge in [0.15, 0.2) is 0 Å². The molecule has 1 aliphatic heterocycles. The molecule has 0 bridgehead atoms. The number of rotatable bonds is 7. The van der Waals surface area contributed by atoms with Gasteiger partial charge in [0.2, 0.25) is 0 Å². The van der Waals surface area contributed by atoms with Crippen molar-refractivity contribution in [3.8, 4) is 0 Å². The van der Waals surface area contributed by atoms with Gasteiger partial charge in [-0.2, -0.15) is 0 Å². The van der Waals surface area contributed by atoms with Gasteiger partial charge in [-0.15, -0.1) is 0 Å². The van der Waals surface area contributed by atoms with Crippen molar-refractivity contribution in [1.29, 1.82) is 0 Å². The second-order valence-electron chi connectivity index (χ2n) is 8.07. The second-order valence-corrected chi connectivity index (χ2v) is 9.90. The molecule has 1 nitrogen and oxygen atoms in total. The first-order valence-electron chi connectivity index (χ1n) is 10.3. The van der Waals surface area contributed by atoms with Crippen LogP contribution in [-0.2, 0) is 5.41 Å². The van der Waals surface area contributed by atoms with Gasteiger partial charge in [0.25, 0.3) is 0 Å². The first kappa shape index (κ1) is 21.1. The maximum absolute atomic E-state index is 3.71. The molecule has 1 fully saturated rings. The molecule has 1 aliphatic rings. The summed E-state index contributed by atoms with van der Waals surface area (Å²) in [7, 11) is 0. The maximum atomic E-state index is 3.71. The van der Waals surface area contributed by atoms with Crippen molar-refractivity contribution >= 4 is 31.9 Å². The fourth-order valence-electron chi connectivity index (χ4n) is 4.63. The van der Waals surface area contributed by atoms with Crippen LogP contribution in [0.25, 0.3) is 0 Å². The maximum Gasteiger partial charge on any atom is 0.0215 e. The van der Waals surface area contributed by atoms with Crippen molar-refractivity contribution in [3.63, 3.8) is 0 Å². The Morgan fingerprint density at radius 3 is 1.96 bits per heavy atom. The summed E-state index contributed by atoms with van der Waals surface area (Å²) < 4.78 is 2.32. The molecule has 1 saturated heterocycles. The van der Waals surface area contributed by atoms with E-state index in [1.165, 1.54) is 62.9 Å². The Bertz CT molecular complexity index is 691. The van der Waals surface area contributed by atoms with E-state index < -0.39 is 0 Å². The predicted molar refractivity (Wildman–Crippen MR) is 123 cm³/mol. The number of hydrogen-bond acceptors (Lipinski definition) is 1. The largest absolute Gasteiger partial charge is 0.303 e. The third-order valence-corrected chi connectivity index (χ3v) is 7.22. The monoisotopic (exact) mass is 491 g/mol. The van der Waals surface area contributed by atoms with Crippen LogP contribution in [0.15, 0.2) is 57.5 Å². The van der Waals surface area contributed by atoms with Crippen LogP contribution >= 0.6 is 31.9 Å². The van der Waals surface area contributed by atoms with Gasteiger partial charge in [-0.05, 0) is 73.7 Å². The lowest BCUT2D eigenvalue weighted by molar-refractivity contribution is 0.158. The molecule has 0 radical (unpaired) electrons. The minimum absolute atomic E-state index is 0.0129. The highest BCUT2D eigenvalue weighted by molar-refractivity contribution is 9.10. The smallest absolute Gasteiger partial charge is 0.0215 e. The van der Waals surface area contributed by atoms with E-state index >= 15 is 0 Å². The summed E-state index contributed by atoms with van der Waals surface area (Å²) in [5, 5.41) is 0. The quantitative estimate of drug-likeness (QED) is 0.388. The summed E-state index contributed by atoms with van der Waals surface area (Å²) in [4.78, 5) is 2.71. The Hall–Kier alpha value is -0.640. The third kappa shape index (κ3) is 5.05. The van der Waals surface area contributed by atoms with Crippen LogP contribution < -0.4 is 0 Å². The van der Waals surface area contributed by atoms with Crippen molar-refractivity contribution < 1.29 is 0 Å². The topological polar surface area (TPSA) is 3.24 Å². The average Bonchev–Trinajstić information content (AvgIpc) is 2.68. The second kappa shape index (κ2) is 9.71. The van der Waals surface area contributed by atoms with Crippen LogP contribution in [0.4, 0.5) is 0 Å². The van der Waals surface area contributed by atoms with Gasteiger partial charge in [0, 0.05) is 20.9 Å². The van der Waals surface area contributed by atoms with Gasteiger partial charge in [0.1, 0.15) is 0 Å². The lowest BCUT2D eigenvalue weighted by atomic mass is 9.65. The molecule has 146 valence electrons. The minimum atomic E-state index is -0.0129. The average molecular weight is 493 g/mol. The Labute approximate surface area is 181 Å². The number of benzene rings is 2. The molecule has 0 N–H and O–H groups in total. The van der Waals surface area contributed by atoms with Gasteiger partial charge in [-0.3, -0.25) is 0 Å². The molecule has 1 heterocycles. The van der Waals surface area contributed by atoms with Gasteiger partial charge in [-0.1, -0.05) is 82.8 Å². The molecular formula is C24H31Br2N. The molecule has 2 aromatic carbocycles. The summed E-state index contributed by atoms with van der Waals surface area (Å²) >= 11 is 7.42. The Morgan fingerprint density at radius 2 is 1.48 bits per heavy atom. The first-order chi connectivity index (χ1) is 13.0. The first-order valence-corrected chi connectivity index (χ1v) is 11.9. The summed E-state index contributed by atoms with van der Waals surface area (Å²) in [6, 6.07) is 17.9. The fourth-order valence-corrected chi connectivity index (χ4v) is 5.42. The van der Waals surface area contributed by atoms with E-state index in [0.717, 1.165) is 8.95 Å². The summed E-state index contributed by atoms with van der Waals surface area (Å²) in [5.41, 5.74) is 2.80. The van der Waals surface area contributed by atoms with Crippen LogP contribution in [0, 0.1) is 5.92 Å². The predicted octanol–water partition coefficient (Wildman–Crippen LogP) is 7.42. The molecule has 0 amide bonds. The lowest BCUT2D eigenvalue weighted by Crippen LogP contribution is -2.43. The molecule has 0 aliphatic carbocycles. The molecule has 3 rings (SSSR count). The third-order valence-electron chi connectivity index (χ3n) is 6.23. The molecule has 27 heavy (non-hydrogen) atoms. The SMILES string of the molecule is CCCC(CN1CCCCC1)C(C)(c1cccc(Br)c1)c1cccc(Br)c1. The van der Waals surface area contributed by atoms with Crippen molar-refractivity contribution in [1.82, 2.24) is 4.90 Å². The van der Waals surface area contributed by atoms with E-state index in [1.54, 1.807) is 0 Å². The molecule has 1 unspecified atom stereocenters. The Balaban J connectivity index is 2.05. The van der Waals surface area contributed by atoms with E-state index in [2.05, 4.69) is 99.1 Å². The van der Waals surface area contributed by atoms with Crippen LogP contribution in [-0.4, -0.2) is 24.5 Å². The van der Waals surface area contributed by atoms with Crippen LogP contribution in [0.3, 0.4) is 0 Å². The van der Waals surface area contributed by atoms with E-state index in [0.29, 0.717) is 5.92 Å². The summed E-state index contributed by atoms with van der Waals surface area (Å²) in [6.45, 7) is 8.48. The number of hydrogen-bond donors (Lipinski definition) is 0. The zero-order valence-corrected chi connectivity index (χ0v) is 19.7. The summed E-state index contributed by atoms with van der Waals surface area (Å²) in [5.74, 6) is 0.587. The van der Waals surface area contributed by atoms with E-state index in [9.17, 15) is 0 Å².